The van der Waals surface area contributed by atoms with Crippen molar-refractivity contribution in [2.24, 2.45) is 5.92 Å². The summed E-state index contributed by atoms with van der Waals surface area (Å²) >= 11 is 8.67. The fourth-order valence-electron chi connectivity index (χ4n) is 4.52. The largest absolute Gasteiger partial charge is 0.507 e. The van der Waals surface area contributed by atoms with Crippen LogP contribution in [0.15, 0.2) is 82.7 Å². The maximum atomic E-state index is 13.6. The molecule has 3 aromatic carbocycles. The number of nitrogens with zero attached hydrogens (tertiary/aromatic N) is 3. The second kappa shape index (κ2) is 13.6. The van der Waals surface area contributed by atoms with E-state index in [1.807, 2.05) is 30.3 Å². The lowest BCUT2D eigenvalue weighted by Gasteiger charge is -2.23. The molecule has 1 N–H and O–H groups in total. The van der Waals surface area contributed by atoms with Crippen LogP contribution in [0.1, 0.15) is 43.0 Å². The van der Waals surface area contributed by atoms with E-state index in [0.717, 1.165) is 12.0 Å². The van der Waals surface area contributed by atoms with Gasteiger partial charge in [-0.1, -0.05) is 72.8 Å². The first kappa shape index (κ1) is 30.6. The maximum Gasteiger partial charge on any atom is 0.301 e. The van der Waals surface area contributed by atoms with Gasteiger partial charge in [0.1, 0.15) is 17.3 Å². The topological polar surface area (TPSA) is 102 Å². The number of ketones is 1. The van der Waals surface area contributed by atoms with Gasteiger partial charge in [-0.3, -0.25) is 14.5 Å². The molecular formula is C32H30ClN3O5S2. The van der Waals surface area contributed by atoms with Crippen molar-refractivity contribution in [2.45, 2.75) is 36.4 Å². The second-order valence-electron chi connectivity index (χ2n) is 10.3. The molecule has 0 saturated carbocycles. The molecule has 0 radical (unpaired) electrons. The minimum absolute atomic E-state index is 0.0416. The monoisotopic (exact) mass is 635 g/mol. The van der Waals surface area contributed by atoms with Crippen molar-refractivity contribution in [3.8, 4) is 11.5 Å². The fourth-order valence-corrected chi connectivity index (χ4v) is 6.47. The Bertz CT molecular complexity index is 1640. The van der Waals surface area contributed by atoms with Gasteiger partial charge in [-0.2, -0.15) is 0 Å². The third kappa shape index (κ3) is 7.04. The number of Topliss-reactive ketones (excluding diaryl/α,β-unsaturated/α-hetero) is 1. The quantitative estimate of drug-likeness (QED) is 0.0593. The highest BCUT2D eigenvalue weighted by Gasteiger charge is 2.48. The van der Waals surface area contributed by atoms with Gasteiger partial charge in [0.2, 0.25) is 5.13 Å². The Morgan fingerprint density at radius 3 is 2.49 bits per heavy atom. The molecule has 0 spiro atoms. The highest BCUT2D eigenvalue weighted by atomic mass is 35.5. The number of rotatable bonds is 11. The molecule has 0 bridgehead atoms. The summed E-state index contributed by atoms with van der Waals surface area (Å²) in [6.45, 7) is 4.77. The van der Waals surface area contributed by atoms with Gasteiger partial charge in [-0.15, -0.1) is 10.2 Å². The van der Waals surface area contributed by atoms with Crippen LogP contribution < -0.4 is 14.4 Å². The normalized spacial score (nSPS) is 16.2. The average molecular weight is 636 g/mol. The van der Waals surface area contributed by atoms with Crippen LogP contribution in [-0.2, 0) is 15.3 Å². The summed E-state index contributed by atoms with van der Waals surface area (Å²) in [5.74, 6) is 0.403. The van der Waals surface area contributed by atoms with E-state index in [9.17, 15) is 14.7 Å². The van der Waals surface area contributed by atoms with Crippen LogP contribution >= 0.6 is 34.7 Å². The van der Waals surface area contributed by atoms with Gasteiger partial charge in [0.25, 0.3) is 5.78 Å². The standard InChI is InChI=1S/C32H30ClN3O5S2/c1-19(2)15-16-41-25-6-4-5-22(17-25)27-26(28(37)21-9-13-24(40-3)14-10-21)29(38)30(39)36(27)31-34-35-32(43-31)42-18-20-7-11-23(33)12-8-20/h4-14,17,19,27,37H,15-16,18H2,1-3H3/b28-26+. The van der Waals surface area contributed by atoms with E-state index in [0.29, 0.717) is 50.3 Å². The molecule has 1 aliphatic rings. The van der Waals surface area contributed by atoms with Crippen molar-refractivity contribution in [1.29, 1.82) is 0 Å². The predicted molar refractivity (Wildman–Crippen MR) is 170 cm³/mol. The van der Waals surface area contributed by atoms with Crippen molar-refractivity contribution in [2.75, 3.05) is 18.6 Å². The predicted octanol–water partition coefficient (Wildman–Crippen LogP) is 7.54. The highest BCUT2D eigenvalue weighted by molar-refractivity contribution is 8.00. The van der Waals surface area contributed by atoms with Crippen molar-refractivity contribution < 1.29 is 24.2 Å². The molecule has 1 unspecified atom stereocenters. The van der Waals surface area contributed by atoms with E-state index in [-0.39, 0.29) is 16.5 Å². The minimum Gasteiger partial charge on any atom is -0.507 e. The van der Waals surface area contributed by atoms with Crippen molar-refractivity contribution >= 4 is 57.3 Å². The second-order valence-corrected chi connectivity index (χ2v) is 12.9. The zero-order valence-corrected chi connectivity index (χ0v) is 26.2. The van der Waals surface area contributed by atoms with E-state index in [4.69, 9.17) is 21.1 Å². The summed E-state index contributed by atoms with van der Waals surface area (Å²) in [5.41, 5.74) is 1.99. The molecule has 11 heteroatoms. The van der Waals surface area contributed by atoms with Gasteiger partial charge in [-0.05, 0) is 72.0 Å². The van der Waals surface area contributed by atoms with E-state index in [1.165, 1.54) is 28.0 Å². The molecule has 8 nitrogen and oxygen atoms in total. The lowest BCUT2D eigenvalue weighted by molar-refractivity contribution is -0.132. The Balaban J connectivity index is 1.52. The number of amides is 1. The third-order valence-corrected chi connectivity index (χ3v) is 9.20. The number of thioether (sulfide) groups is 1. The Hall–Kier alpha value is -3.86. The molecule has 222 valence electrons. The molecule has 1 aromatic heterocycles. The van der Waals surface area contributed by atoms with E-state index < -0.39 is 17.7 Å². The lowest BCUT2D eigenvalue weighted by atomic mass is 9.95. The number of carbonyl (C=O) groups excluding carboxylic acids is 2. The molecule has 0 aliphatic carbocycles. The van der Waals surface area contributed by atoms with Crippen LogP contribution in [0, 0.1) is 5.92 Å². The Morgan fingerprint density at radius 2 is 1.79 bits per heavy atom. The van der Waals surface area contributed by atoms with Crippen LogP contribution in [0.2, 0.25) is 5.02 Å². The maximum absolute atomic E-state index is 13.6. The smallest absolute Gasteiger partial charge is 0.301 e. The number of ether oxygens (including phenoxy) is 2. The summed E-state index contributed by atoms with van der Waals surface area (Å²) in [7, 11) is 1.54. The van der Waals surface area contributed by atoms with Gasteiger partial charge in [0, 0.05) is 16.3 Å². The molecule has 1 amide bonds. The first-order chi connectivity index (χ1) is 20.7. The SMILES string of the molecule is COc1ccc(/C(O)=C2\C(=O)C(=O)N(c3nnc(SCc4ccc(Cl)cc4)s3)C2c2cccc(OCCC(C)C)c2)cc1. The van der Waals surface area contributed by atoms with Crippen LogP contribution in [0.5, 0.6) is 11.5 Å². The molecule has 1 atom stereocenters. The average Bonchev–Trinajstić information content (AvgIpc) is 3.58. The Morgan fingerprint density at radius 1 is 1.05 bits per heavy atom. The van der Waals surface area contributed by atoms with Crippen LogP contribution in [0.25, 0.3) is 5.76 Å². The highest BCUT2D eigenvalue weighted by Crippen LogP contribution is 2.44. The van der Waals surface area contributed by atoms with Crippen LogP contribution in [0.4, 0.5) is 5.13 Å². The zero-order chi connectivity index (χ0) is 30.5. The number of aliphatic hydroxyl groups excluding tert-OH is 1. The number of methoxy groups -OCH3 is 1. The van der Waals surface area contributed by atoms with Crippen LogP contribution in [-0.4, -0.2) is 40.7 Å². The number of anilines is 1. The van der Waals surface area contributed by atoms with Gasteiger partial charge in [-0.25, -0.2) is 0 Å². The summed E-state index contributed by atoms with van der Waals surface area (Å²) in [4.78, 5) is 28.5. The van der Waals surface area contributed by atoms with Gasteiger partial charge < -0.3 is 14.6 Å². The lowest BCUT2D eigenvalue weighted by Crippen LogP contribution is -2.29. The number of halogens is 1. The van der Waals surface area contributed by atoms with Gasteiger partial charge in [0.15, 0.2) is 4.34 Å². The molecule has 5 rings (SSSR count). The summed E-state index contributed by atoms with van der Waals surface area (Å²) in [6, 6.07) is 20.4. The van der Waals surface area contributed by atoms with Crippen molar-refractivity contribution in [1.82, 2.24) is 10.2 Å². The van der Waals surface area contributed by atoms with E-state index >= 15 is 0 Å². The van der Waals surface area contributed by atoms with Crippen molar-refractivity contribution in [3.63, 3.8) is 0 Å². The van der Waals surface area contributed by atoms with Crippen LogP contribution in [0.3, 0.4) is 0 Å². The third-order valence-electron chi connectivity index (χ3n) is 6.82. The molecule has 4 aromatic rings. The molecule has 43 heavy (non-hydrogen) atoms. The number of aromatic nitrogens is 2. The first-order valence-corrected chi connectivity index (χ1v) is 15.8. The Kier molecular flexibility index (Phi) is 9.69. The molecule has 1 fully saturated rings. The van der Waals surface area contributed by atoms with Gasteiger partial charge >= 0.3 is 5.91 Å². The summed E-state index contributed by atoms with van der Waals surface area (Å²) in [5, 5.41) is 20.9. The number of aliphatic hydroxyl groups is 1. The number of hydrogen-bond acceptors (Lipinski definition) is 9. The minimum atomic E-state index is -0.946. The molecule has 2 heterocycles. The molecular weight excluding hydrogens is 606 g/mol. The van der Waals surface area contributed by atoms with E-state index in [2.05, 4.69) is 24.0 Å². The zero-order valence-electron chi connectivity index (χ0n) is 23.8. The van der Waals surface area contributed by atoms with Gasteiger partial charge in [0.05, 0.1) is 25.3 Å². The van der Waals surface area contributed by atoms with Crippen molar-refractivity contribution in [3.05, 3.63) is 100 Å². The van der Waals surface area contributed by atoms with E-state index in [1.54, 1.807) is 49.6 Å². The number of benzene rings is 3. The summed E-state index contributed by atoms with van der Waals surface area (Å²) < 4.78 is 11.8. The molecule has 1 saturated heterocycles. The Labute approximate surface area is 263 Å². The fraction of sp³-hybridized carbons (Fsp3) is 0.250. The number of carbonyl (C=O) groups is 2. The molecule has 1 aliphatic heterocycles. The summed E-state index contributed by atoms with van der Waals surface area (Å²) in [6.07, 6.45) is 0.876. The first-order valence-electron chi connectivity index (χ1n) is 13.6. The number of hydrogen-bond donors (Lipinski definition) is 1.